The number of aromatic nitrogens is 1. The summed E-state index contributed by atoms with van der Waals surface area (Å²) >= 11 is 0. The molecule has 0 atom stereocenters. The van der Waals surface area contributed by atoms with Crippen molar-refractivity contribution in [3.63, 3.8) is 0 Å². The number of hydrogen-bond donors (Lipinski definition) is 1. The first kappa shape index (κ1) is 25.9. The maximum absolute atomic E-state index is 15.1. The van der Waals surface area contributed by atoms with E-state index >= 15 is 8.78 Å². The summed E-state index contributed by atoms with van der Waals surface area (Å²) in [6, 6.07) is 14.5. The highest BCUT2D eigenvalue weighted by Gasteiger charge is 2.21. The van der Waals surface area contributed by atoms with Gasteiger partial charge in [-0.05, 0) is 54.4 Å². The molecule has 2 saturated heterocycles. The fraction of sp³-hybridized carbons (Fsp3) is 0.345. The Morgan fingerprint density at radius 3 is 2.46 bits per heavy atom. The first-order valence-corrected chi connectivity index (χ1v) is 14.6. The minimum absolute atomic E-state index is 0.0226. The zero-order valence-corrected chi connectivity index (χ0v) is 22.5. The molecule has 3 aromatic carbocycles. The molecule has 0 amide bonds. The Labute approximate surface area is 228 Å². The molecule has 6 rings (SSSR count). The average Bonchev–Trinajstić information content (AvgIpc) is 3.35. The summed E-state index contributed by atoms with van der Waals surface area (Å²) in [6.45, 7) is 6.53. The number of benzene rings is 3. The van der Waals surface area contributed by atoms with E-state index in [2.05, 4.69) is 28.2 Å². The van der Waals surface area contributed by atoms with E-state index in [1.54, 1.807) is 12.1 Å². The lowest BCUT2D eigenvalue weighted by Crippen LogP contribution is -2.37. The first-order chi connectivity index (χ1) is 18.9. The second kappa shape index (κ2) is 11.0. The molecule has 0 bridgehead atoms. The number of para-hydroxylation sites is 1. The molecule has 3 heterocycles. The Kier molecular flexibility index (Phi) is 7.33. The zero-order valence-electron chi connectivity index (χ0n) is 21.7. The lowest BCUT2D eigenvalue weighted by molar-refractivity contribution is 0.122. The van der Waals surface area contributed by atoms with Crippen LogP contribution < -0.4 is 10.2 Å². The summed E-state index contributed by atoms with van der Waals surface area (Å²) in [4.78, 5) is 8.81. The zero-order chi connectivity index (χ0) is 26.9. The normalized spacial score (nSPS) is 17.2. The van der Waals surface area contributed by atoms with Crippen LogP contribution in [-0.2, 0) is 22.1 Å². The van der Waals surface area contributed by atoms with Gasteiger partial charge >= 0.3 is 0 Å². The highest BCUT2D eigenvalue weighted by molar-refractivity contribution is 7.85. The van der Waals surface area contributed by atoms with E-state index in [-0.39, 0.29) is 12.1 Å². The second-order valence-corrected chi connectivity index (χ2v) is 11.6. The third-order valence-corrected chi connectivity index (χ3v) is 8.59. The number of morpholine rings is 1. The topological polar surface area (TPSA) is 70.8 Å². The summed E-state index contributed by atoms with van der Waals surface area (Å²) in [7, 11) is -0.843. The molecule has 0 spiro atoms. The summed E-state index contributed by atoms with van der Waals surface area (Å²) in [5.74, 6) is -0.157. The molecule has 2 aliphatic heterocycles. The Morgan fingerprint density at radius 1 is 1.00 bits per heavy atom. The predicted octanol–water partition coefficient (Wildman–Crippen LogP) is 5.23. The van der Waals surface area contributed by atoms with Gasteiger partial charge in [0.15, 0.2) is 5.58 Å². The molecule has 204 valence electrons. The predicted molar refractivity (Wildman–Crippen MR) is 150 cm³/mol. The van der Waals surface area contributed by atoms with Gasteiger partial charge in [0, 0.05) is 77.5 Å². The number of fused-ring (bicyclic) bond motifs is 1. The van der Waals surface area contributed by atoms with Gasteiger partial charge in [0.1, 0.15) is 17.2 Å². The van der Waals surface area contributed by atoms with Crippen LogP contribution in [0.3, 0.4) is 0 Å². The minimum Gasteiger partial charge on any atom is -0.423 e. The molecule has 2 fully saturated rings. The highest BCUT2D eigenvalue weighted by atomic mass is 32.2. The number of aryl methyl sites for hydroxylation is 1. The van der Waals surface area contributed by atoms with Crippen molar-refractivity contribution in [2.45, 2.75) is 13.5 Å². The fourth-order valence-electron chi connectivity index (χ4n) is 5.21. The van der Waals surface area contributed by atoms with E-state index in [0.29, 0.717) is 52.8 Å². The Balaban J connectivity index is 1.24. The lowest BCUT2D eigenvalue weighted by Gasteiger charge is -2.30. The van der Waals surface area contributed by atoms with Crippen LogP contribution >= 0.6 is 0 Å². The molecular weight excluding hydrogens is 522 g/mol. The summed E-state index contributed by atoms with van der Waals surface area (Å²) in [6.07, 6.45) is 0. The summed E-state index contributed by atoms with van der Waals surface area (Å²) in [5.41, 5.74) is 5.13. The van der Waals surface area contributed by atoms with Gasteiger partial charge in [0.05, 0.1) is 13.2 Å². The number of hydrogen-bond acceptors (Lipinski definition) is 7. The van der Waals surface area contributed by atoms with E-state index in [1.165, 1.54) is 17.8 Å². The standard InChI is InChI=1S/C29H30F2N4O3S/c1-19-15-21(5-6-27(19)35-7-11-37-12-8-35)32-29-33-26-4-2-3-22(28(26)38-29)20-16-24(30)23(25(31)17-20)18-34-9-13-39(36)14-10-34/h2-6,15-17H,7-14,18H2,1H3,(H,32,33). The van der Waals surface area contributed by atoms with Crippen LogP contribution in [0, 0.1) is 18.6 Å². The van der Waals surface area contributed by atoms with Gasteiger partial charge in [-0.2, -0.15) is 4.98 Å². The van der Waals surface area contributed by atoms with Gasteiger partial charge < -0.3 is 19.4 Å². The molecule has 0 saturated carbocycles. The van der Waals surface area contributed by atoms with E-state index in [9.17, 15) is 4.21 Å². The minimum atomic E-state index is -0.843. The fourth-order valence-corrected chi connectivity index (χ4v) is 6.34. The van der Waals surface area contributed by atoms with Crippen LogP contribution in [0.5, 0.6) is 0 Å². The number of oxazole rings is 1. The van der Waals surface area contributed by atoms with Gasteiger partial charge in [-0.15, -0.1) is 0 Å². The van der Waals surface area contributed by atoms with Gasteiger partial charge in [-0.3, -0.25) is 9.11 Å². The van der Waals surface area contributed by atoms with E-state index < -0.39 is 22.4 Å². The number of nitrogens with one attached hydrogen (secondary N) is 1. The van der Waals surface area contributed by atoms with Crippen molar-refractivity contribution in [2.24, 2.45) is 0 Å². The highest BCUT2D eigenvalue weighted by Crippen LogP contribution is 2.34. The van der Waals surface area contributed by atoms with Crippen LogP contribution in [0.2, 0.25) is 0 Å². The van der Waals surface area contributed by atoms with Gasteiger partial charge in [-0.1, -0.05) is 12.1 Å². The van der Waals surface area contributed by atoms with Crippen LogP contribution in [0.1, 0.15) is 11.1 Å². The van der Waals surface area contributed by atoms with Gasteiger partial charge in [0.25, 0.3) is 6.01 Å². The number of halogens is 2. The molecule has 39 heavy (non-hydrogen) atoms. The largest absolute Gasteiger partial charge is 0.423 e. The van der Waals surface area contributed by atoms with Crippen LogP contribution in [0.15, 0.2) is 52.9 Å². The summed E-state index contributed by atoms with van der Waals surface area (Å²) < 4.78 is 53.4. The second-order valence-electron chi connectivity index (χ2n) is 9.94. The van der Waals surface area contributed by atoms with Crippen molar-refractivity contribution in [2.75, 3.05) is 61.1 Å². The maximum Gasteiger partial charge on any atom is 0.300 e. The molecule has 2 aliphatic rings. The molecule has 10 heteroatoms. The molecule has 0 unspecified atom stereocenters. The Hall–Kier alpha value is -3.34. The van der Waals surface area contributed by atoms with Crippen molar-refractivity contribution in [3.05, 3.63) is 71.3 Å². The number of anilines is 3. The van der Waals surface area contributed by atoms with Crippen molar-refractivity contribution in [1.29, 1.82) is 0 Å². The third kappa shape index (κ3) is 5.54. The molecule has 7 nitrogen and oxygen atoms in total. The molecule has 1 aromatic heterocycles. The van der Waals surface area contributed by atoms with Crippen LogP contribution in [0.4, 0.5) is 26.2 Å². The van der Waals surface area contributed by atoms with Crippen molar-refractivity contribution >= 4 is 39.3 Å². The Morgan fingerprint density at radius 2 is 1.74 bits per heavy atom. The van der Waals surface area contributed by atoms with E-state index in [0.717, 1.165) is 37.6 Å². The van der Waals surface area contributed by atoms with Crippen molar-refractivity contribution < 1.29 is 22.1 Å². The van der Waals surface area contributed by atoms with Crippen molar-refractivity contribution in [3.8, 4) is 11.1 Å². The molecule has 0 aliphatic carbocycles. The Bertz CT molecular complexity index is 1500. The quantitative estimate of drug-likeness (QED) is 0.352. The number of rotatable bonds is 6. The first-order valence-electron chi connectivity index (χ1n) is 13.1. The summed E-state index contributed by atoms with van der Waals surface area (Å²) in [5, 5.41) is 3.23. The SMILES string of the molecule is Cc1cc(Nc2nc3cccc(-c4cc(F)c(CN5CCS(=O)CC5)c(F)c4)c3o2)ccc1N1CCOCC1. The van der Waals surface area contributed by atoms with E-state index in [4.69, 9.17) is 9.15 Å². The average molecular weight is 553 g/mol. The van der Waals surface area contributed by atoms with Crippen LogP contribution in [0.25, 0.3) is 22.2 Å². The number of ether oxygens (including phenoxy) is 1. The van der Waals surface area contributed by atoms with Gasteiger partial charge in [-0.25, -0.2) is 8.78 Å². The monoisotopic (exact) mass is 552 g/mol. The van der Waals surface area contributed by atoms with Crippen molar-refractivity contribution in [1.82, 2.24) is 9.88 Å². The molecule has 0 radical (unpaired) electrons. The lowest BCUT2D eigenvalue weighted by atomic mass is 10.0. The number of nitrogens with zero attached hydrogens (tertiary/aromatic N) is 3. The molecule has 4 aromatic rings. The van der Waals surface area contributed by atoms with E-state index in [1.807, 2.05) is 23.1 Å². The third-order valence-electron chi connectivity index (χ3n) is 7.32. The van der Waals surface area contributed by atoms with Gasteiger partial charge in [0.2, 0.25) is 0 Å². The van der Waals surface area contributed by atoms with Crippen LogP contribution in [-0.4, -0.2) is 65.0 Å². The maximum atomic E-state index is 15.1. The molecule has 1 N–H and O–H groups in total. The smallest absolute Gasteiger partial charge is 0.300 e. The molecular formula is C29H30F2N4O3S.